The number of hydrogen-bond acceptors (Lipinski definition) is 6. The van der Waals surface area contributed by atoms with E-state index in [2.05, 4.69) is 34.4 Å². The molecule has 0 radical (unpaired) electrons. The molecule has 0 aliphatic carbocycles. The lowest BCUT2D eigenvalue weighted by Crippen LogP contribution is -2.35. The summed E-state index contributed by atoms with van der Waals surface area (Å²) in [5.41, 5.74) is 1.96. The molecule has 2 atom stereocenters. The highest BCUT2D eigenvalue weighted by Crippen LogP contribution is 2.45. The normalized spacial score (nSPS) is 19.1. The van der Waals surface area contributed by atoms with E-state index in [1.807, 2.05) is 24.3 Å². The lowest BCUT2D eigenvalue weighted by Gasteiger charge is -2.27. The Labute approximate surface area is 194 Å². The number of halogens is 1. The lowest BCUT2D eigenvalue weighted by molar-refractivity contribution is 0.155. The standard InChI is InChI=1S/C24H26INO5/c1-4-26-9-8-16(17(26)13-27)22-20(29-2)12-21(30-3)23-18(28)11-19(31-24(22)23)14-6-5-7-15(25)10-14/h5-7,10-12,16-17,27H,4,8-9,13H2,1-3H3/t16-,17+/m1/s1. The van der Waals surface area contributed by atoms with Crippen molar-refractivity contribution in [3.05, 3.63) is 55.8 Å². The molecule has 6 nitrogen and oxygen atoms in total. The van der Waals surface area contributed by atoms with Gasteiger partial charge < -0.3 is 19.0 Å². The molecule has 0 bridgehead atoms. The molecular weight excluding hydrogens is 509 g/mol. The molecule has 0 saturated carbocycles. The third kappa shape index (κ3) is 3.94. The van der Waals surface area contributed by atoms with E-state index in [1.165, 1.54) is 13.2 Å². The molecule has 1 N–H and O–H groups in total. The molecule has 1 fully saturated rings. The summed E-state index contributed by atoms with van der Waals surface area (Å²) in [7, 11) is 3.14. The minimum absolute atomic E-state index is 0.0238. The Kier molecular flexibility index (Phi) is 6.55. The van der Waals surface area contributed by atoms with Gasteiger partial charge in [-0.3, -0.25) is 9.69 Å². The van der Waals surface area contributed by atoms with E-state index in [-0.39, 0.29) is 24.0 Å². The summed E-state index contributed by atoms with van der Waals surface area (Å²) in [6, 6.07) is 11.0. The SMILES string of the molecule is CCN1CC[C@@H](c2c(OC)cc(OC)c3c(=O)cc(-c4cccc(I)c4)oc23)[C@@H]1CO. The fraction of sp³-hybridized carbons (Fsp3) is 0.375. The van der Waals surface area contributed by atoms with Crippen molar-refractivity contribution in [2.45, 2.75) is 25.3 Å². The van der Waals surface area contributed by atoms with E-state index in [0.717, 1.165) is 34.2 Å². The fourth-order valence-corrected chi connectivity index (χ4v) is 5.20. The van der Waals surface area contributed by atoms with Crippen LogP contribution >= 0.6 is 22.6 Å². The van der Waals surface area contributed by atoms with Crippen LogP contribution < -0.4 is 14.9 Å². The summed E-state index contributed by atoms with van der Waals surface area (Å²) in [5, 5.41) is 10.6. The van der Waals surface area contributed by atoms with Gasteiger partial charge in [0.15, 0.2) is 5.43 Å². The molecule has 0 spiro atoms. The summed E-state index contributed by atoms with van der Waals surface area (Å²) in [5.74, 6) is 1.50. The van der Waals surface area contributed by atoms with Gasteiger partial charge >= 0.3 is 0 Å². The highest BCUT2D eigenvalue weighted by atomic mass is 127. The maximum atomic E-state index is 13.2. The molecule has 7 heteroatoms. The zero-order valence-electron chi connectivity index (χ0n) is 17.9. The van der Waals surface area contributed by atoms with Gasteiger partial charge in [0.05, 0.1) is 20.8 Å². The molecule has 1 saturated heterocycles. The predicted octanol–water partition coefficient (Wildman–Crippen LogP) is 4.25. The highest BCUT2D eigenvalue weighted by Gasteiger charge is 2.38. The third-order valence-corrected chi connectivity index (χ3v) is 6.81. The molecular formula is C24H26INO5. The Balaban J connectivity index is 2.03. The second-order valence-corrected chi connectivity index (χ2v) is 8.90. The molecule has 2 aromatic carbocycles. The lowest BCUT2D eigenvalue weighted by atomic mass is 9.89. The van der Waals surface area contributed by atoms with Crippen LogP contribution in [-0.2, 0) is 0 Å². The van der Waals surface area contributed by atoms with Crippen LogP contribution in [0.1, 0.15) is 24.8 Å². The van der Waals surface area contributed by atoms with Gasteiger partial charge in [0, 0.05) is 38.8 Å². The molecule has 31 heavy (non-hydrogen) atoms. The van der Waals surface area contributed by atoms with E-state index >= 15 is 0 Å². The van der Waals surface area contributed by atoms with Crippen molar-refractivity contribution in [1.82, 2.24) is 4.90 Å². The molecule has 1 aromatic heterocycles. The van der Waals surface area contributed by atoms with E-state index in [9.17, 15) is 9.90 Å². The summed E-state index contributed by atoms with van der Waals surface area (Å²) in [4.78, 5) is 15.5. The van der Waals surface area contributed by atoms with Gasteiger partial charge in [0.1, 0.15) is 28.2 Å². The number of hydrogen-bond donors (Lipinski definition) is 1. The number of likely N-dealkylation sites (N-methyl/N-ethyl adjacent to an activating group) is 1. The highest BCUT2D eigenvalue weighted by molar-refractivity contribution is 14.1. The largest absolute Gasteiger partial charge is 0.496 e. The second-order valence-electron chi connectivity index (χ2n) is 7.66. The van der Waals surface area contributed by atoms with Crippen LogP contribution in [0.3, 0.4) is 0 Å². The number of methoxy groups -OCH3 is 2. The van der Waals surface area contributed by atoms with E-state index in [4.69, 9.17) is 13.9 Å². The Morgan fingerprint density at radius 2 is 1.97 bits per heavy atom. The molecule has 1 aliphatic rings. The average molecular weight is 535 g/mol. The first-order valence-electron chi connectivity index (χ1n) is 10.4. The third-order valence-electron chi connectivity index (χ3n) is 6.14. The van der Waals surface area contributed by atoms with Gasteiger partial charge in [0.2, 0.25) is 0 Å². The topological polar surface area (TPSA) is 72.1 Å². The number of benzene rings is 2. The molecule has 0 amide bonds. The monoisotopic (exact) mass is 535 g/mol. The summed E-state index contributed by atoms with van der Waals surface area (Å²) in [6.07, 6.45) is 0.841. The maximum absolute atomic E-state index is 13.2. The molecule has 4 rings (SSSR count). The zero-order chi connectivity index (χ0) is 22.1. The van der Waals surface area contributed by atoms with E-state index < -0.39 is 0 Å². The van der Waals surface area contributed by atoms with Crippen LogP contribution in [0.25, 0.3) is 22.3 Å². The van der Waals surface area contributed by atoms with Crippen LogP contribution in [-0.4, -0.2) is 50.0 Å². The summed E-state index contributed by atoms with van der Waals surface area (Å²) in [6.45, 7) is 3.82. The predicted molar refractivity (Wildman–Crippen MR) is 129 cm³/mol. The minimum atomic E-state index is -0.165. The van der Waals surface area contributed by atoms with Crippen LogP contribution in [0.4, 0.5) is 0 Å². The average Bonchev–Trinajstić information content (AvgIpc) is 3.20. The van der Waals surface area contributed by atoms with Crippen LogP contribution in [0.5, 0.6) is 11.5 Å². The quantitative estimate of drug-likeness (QED) is 0.476. The van der Waals surface area contributed by atoms with Crippen molar-refractivity contribution < 1.29 is 19.0 Å². The number of fused-ring (bicyclic) bond motifs is 1. The fourth-order valence-electron chi connectivity index (χ4n) is 4.65. The Bertz CT molecular complexity index is 1160. The molecule has 164 valence electrons. The first kappa shape index (κ1) is 22.1. The molecule has 0 unspecified atom stereocenters. The number of aliphatic hydroxyl groups excluding tert-OH is 1. The minimum Gasteiger partial charge on any atom is -0.496 e. The Morgan fingerprint density at radius 3 is 2.61 bits per heavy atom. The van der Waals surface area contributed by atoms with Crippen molar-refractivity contribution >= 4 is 33.6 Å². The van der Waals surface area contributed by atoms with Gasteiger partial charge in [-0.2, -0.15) is 0 Å². The van der Waals surface area contributed by atoms with E-state index in [1.54, 1.807) is 13.2 Å². The van der Waals surface area contributed by atoms with Gasteiger partial charge in [0.25, 0.3) is 0 Å². The maximum Gasteiger partial charge on any atom is 0.197 e. The van der Waals surface area contributed by atoms with E-state index in [0.29, 0.717) is 28.2 Å². The molecule has 2 heterocycles. The smallest absolute Gasteiger partial charge is 0.197 e. The number of nitrogens with zero attached hydrogens (tertiary/aromatic N) is 1. The molecule has 3 aromatic rings. The van der Waals surface area contributed by atoms with Crippen LogP contribution in [0.15, 0.2) is 45.6 Å². The van der Waals surface area contributed by atoms with Gasteiger partial charge in [-0.1, -0.05) is 19.1 Å². The molecule has 1 aliphatic heterocycles. The Hall–Kier alpha value is -2.10. The van der Waals surface area contributed by atoms with Gasteiger partial charge in [-0.05, 0) is 54.2 Å². The van der Waals surface area contributed by atoms with Crippen molar-refractivity contribution in [2.24, 2.45) is 0 Å². The second kappa shape index (κ2) is 9.18. The number of rotatable bonds is 6. The Morgan fingerprint density at radius 1 is 1.19 bits per heavy atom. The summed E-state index contributed by atoms with van der Waals surface area (Å²) < 4.78 is 18.7. The van der Waals surface area contributed by atoms with Crippen molar-refractivity contribution in [2.75, 3.05) is 33.9 Å². The first-order valence-corrected chi connectivity index (χ1v) is 11.4. The van der Waals surface area contributed by atoms with Gasteiger partial charge in [-0.15, -0.1) is 0 Å². The van der Waals surface area contributed by atoms with Crippen LogP contribution in [0.2, 0.25) is 0 Å². The van der Waals surface area contributed by atoms with Crippen LogP contribution in [0, 0.1) is 3.57 Å². The first-order chi connectivity index (χ1) is 15.0. The number of ether oxygens (including phenoxy) is 2. The number of aliphatic hydroxyl groups is 1. The van der Waals surface area contributed by atoms with Gasteiger partial charge in [-0.25, -0.2) is 0 Å². The summed E-state index contributed by atoms with van der Waals surface area (Å²) >= 11 is 2.24. The van der Waals surface area contributed by atoms with Crippen molar-refractivity contribution in [1.29, 1.82) is 0 Å². The van der Waals surface area contributed by atoms with Crippen molar-refractivity contribution in [3.8, 4) is 22.8 Å². The zero-order valence-corrected chi connectivity index (χ0v) is 20.0. The van der Waals surface area contributed by atoms with Crippen molar-refractivity contribution in [3.63, 3.8) is 0 Å². The number of likely N-dealkylation sites (tertiary alicyclic amines) is 1.